The second kappa shape index (κ2) is 10.1. The molecule has 178 valence electrons. The number of hydrogen-bond donors (Lipinski definition) is 2. The van der Waals surface area contributed by atoms with Crippen LogP contribution in [0.25, 0.3) is 17.0 Å². The number of nitrogens with one attached hydrogen (secondary N) is 2. The van der Waals surface area contributed by atoms with Crippen molar-refractivity contribution in [3.63, 3.8) is 0 Å². The lowest BCUT2D eigenvalue weighted by Gasteiger charge is -2.29. The van der Waals surface area contributed by atoms with Gasteiger partial charge in [0.15, 0.2) is 0 Å². The Balaban J connectivity index is 1.14. The van der Waals surface area contributed by atoms with Crippen LogP contribution >= 0.6 is 0 Å². The summed E-state index contributed by atoms with van der Waals surface area (Å²) in [6, 6.07) is 10.8. The monoisotopic (exact) mass is 456 g/mol. The lowest BCUT2D eigenvalue weighted by atomic mass is 9.86. The topological polar surface area (TPSA) is 66.0 Å². The van der Waals surface area contributed by atoms with Gasteiger partial charge in [0.2, 0.25) is 5.95 Å². The molecule has 0 spiro atoms. The predicted octanol–water partition coefficient (Wildman–Crippen LogP) is 5.37. The molecule has 0 radical (unpaired) electrons. The fraction of sp³-hybridized carbons (Fsp3) is 0.464. The number of para-hydroxylation sites is 1. The number of anilines is 2. The normalized spacial score (nSPS) is 21.9. The highest BCUT2D eigenvalue weighted by molar-refractivity contribution is 5.90. The molecular formula is C28H36N6. The molecule has 6 heteroatoms. The number of nitrogens with zero attached hydrogens (tertiary/aromatic N) is 4. The average Bonchev–Trinajstić information content (AvgIpc) is 2.85. The van der Waals surface area contributed by atoms with E-state index in [4.69, 9.17) is 9.97 Å². The van der Waals surface area contributed by atoms with Crippen LogP contribution in [0.1, 0.15) is 61.8 Å². The van der Waals surface area contributed by atoms with Gasteiger partial charge in [-0.3, -0.25) is 4.98 Å². The molecule has 0 aliphatic heterocycles. The predicted molar refractivity (Wildman–Crippen MR) is 141 cm³/mol. The van der Waals surface area contributed by atoms with E-state index in [9.17, 15) is 0 Å². The Morgan fingerprint density at radius 2 is 1.85 bits per heavy atom. The quantitative estimate of drug-likeness (QED) is 0.498. The summed E-state index contributed by atoms with van der Waals surface area (Å²) in [6.07, 6.45) is 12.4. The summed E-state index contributed by atoms with van der Waals surface area (Å²) >= 11 is 0. The van der Waals surface area contributed by atoms with E-state index in [1.807, 2.05) is 32.4 Å². The molecule has 1 saturated carbocycles. The molecule has 1 atom stereocenters. The fourth-order valence-corrected chi connectivity index (χ4v) is 5.34. The van der Waals surface area contributed by atoms with E-state index in [0.29, 0.717) is 12.0 Å². The number of fused-ring (bicyclic) bond motifs is 2. The molecule has 1 aromatic carbocycles. The number of pyridine rings is 1. The van der Waals surface area contributed by atoms with E-state index in [2.05, 4.69) is 57.8 Å². The Bertz CT molecular complexity index is 1160. The zero-order valence-electron chi connectivity index (χ0n) is 20.6. The lowest BCUT2D eigenvalue weighted by molar-refractivity contribution is 0.323. The Hall–Kier alpha value is -2.99. The molecular weight excluding hydrogens is 420 g/mol. The van der Waals surface area contributed by atoms with Gasteiger partial charge in [-0.2, -0.15) is 4.98 Å². The van der Waals surface area contributed by atoms with Crippen LogP contribution in [-0.4, -0.2) is 41.6 Å². The standard InChI is InChI=1S/C28H36N6/c1-19-7-6-9-23-21(15-16-30-26(19)23)18-29-17-20-11-13-22(14-12-20)31-28-32-25-10-5-4-8-24(25)27(33-28)34(2)3/h4-6,8-10,15-16,19-20,22,29H,7,11-14,17-18H2,1-3H3,(H,31,32,33). The smallest absolute Gasteiger partial charge is 0.225 e. The van der Waals surface area contributed by atoms with Crippen LogP contribution in [0.15, 0.2) is 42.6 Å². The number of rotatable bonds is 7. The Morgan fingerprint density at radius 1 is 1.03 bits per heavy atom. The SMILES string of the molecule is CC1CC=Cc2c(CNCC3CCC(Nc4nc(N(C)C)c5ccccc5n4)CC3)ccnc21. The van der Waals surface area contributed by atoms with E-state index in [0.717, 1.165) is 60.9 Å². The number of hydrogen-bond acceptors (Lipinski definition) is 6. The summed E-state index contributed by atoms with van der Waals surface area (Å²) in [6.45, 7) is 4.25. The third-order valence-electron chi connectivity index (χ3n) is 7.29. The van der Waals surface area contributed by atoms with E-state index < -0.39 is 0 Å². The van der Waals surface area contributed by atoms with Crippen molar-refractivity contribution in [1.82, 2.24) is 20.3 Å². The van der Waals surface area contributed by atoms with Crippen molar-refractivity contribution in [2.24, 2.45) is 5.92 Å². The second-order valence-corrected chi connectivity index (χ2v) is 10.1. The van der Waals surface area contributed by atoms with Gasteiger partial charge in [-0.1, -0.05) is 31.2 Å². The Morgan fingerprint density at radius 3 is 2.68 bits per heavy atom. The van der Waals surface area contributed by atoms with E-state index in [-0.39, 0.29) is 0 Å². The molecule has 0 amide bonds. The van der Waals surface area contributed by atoms with Crippen molar-refractivity contribution in [2.45, 2.75) is 57.5 Å². The molecule has 34 heavy (non-hydrogen) atoms. The molecule has 1 unspecified atom stereocenters. The van der Waals surface area contributed by atoms with Crippen molar-refractivity contribution in [3.05, 3.63) is 59.4 Å². The lowest BCUT2D eigenvalue weighted by Crippen LogP contribution is -2.32. The minimum Gasteiger partial charge on any atom is -0.362 e. The molecule has 3 aromatic rings. The molecule has 6 nitrogen and oxygen atoms in total. The first-order chi connectivity index (χ1) is 16.6. The highest BCUT2D eigenvalue weighted by Crippen LogP contribution is 2.30. The minimum absolute atomic E-state index is 0.436. The van der Waals surface area contributed by atoms with Gasteiger partial charge in [0.05, 0.1) is 11.2 Å². The van der Waals surface area contributed by atoms with Gasteiger partial charge in [0.25, 0.3) is 0 Å². The van der Waals surface area contributed by atoms with E-state index >= 15 is 0 Å². The largest absolute Gasteiger partial charge is 0.362 e. The summed E-state index contributed by atoms with van der Waals surface area (Å²) in [7, 11) is 4.07. The summed E-state index contributed by atoms with van der Waals surface area (Å²) < 4.78 is 0. The summed E-state index contributed by atoms with van der Waals surface area (Å²) in [5.74, 6) is 2.95. The van der Waals surface area contributed by atoms with Crippen molar-refractivity contribution >= 4 is 28.7 Å². The van der Waals surface area contributed by atoms with E-state index in [1.54, 1.807) is 0 Å². The maximum Gasteiger partial charge on any atom is 0.225 e. The van der Waals surface area contributed by atoms with Crippen LogP contribution in [-0.2, 0) is 6.54 Å². The molecule has 2 heterocycles. The fourth-order valence-electron chi connectivity index (χ4n) is 5.34. The number of benzene rings is 1. The van der Waals surface area contributed by atoms with Crippen LogP contribution in [0.5, 0.6) is 0 Å². The van der Waals surface area contributed by atoms with Gasteiger partial charge in [0, 0.05) is 49.7 Å². The third kappa shape index (κ3) is 4.92. The van der Waals surface area contributed by atoms with Crippen molar-refractivity contribution in [1.29, 1.82) is 0 Å². The zero-order valence-corrected chi connectivity index (χ0v) is 20.6. The van der Waals surface area contributed by atoms with Gasteiger partial charge in [-0.15, -0.1) is 0 Å². The first-order valence-corrected chi connectivity index (χ1v) is 12.6. The van der Waals surface area contributed by atoms with Gasteiger partial charge in [0.1, 0.15) is 5.82 Å². The molecule has 0 bridgehead atoms. The van der Waals surface area contributed by atoms with Crippen molar-refractivity contribution in [3.8, 4) is 0 Å². The van der Waals surface area contributed by atoms with Gasteiger partial charge < -0.3 is 15.5 Å². The highest BCUT2D eigenvalue weighted by Gasteiger charge is 2.22. The average molecular weight is 457 g/mol. The van der Waals surface area contributed by atoms with Gasteiger partial charge in [-0.05, 0) is 68.3 Å². The van der Waals surface area contributed by atoms with Crippen LogP contribution in [0.4, 0.5) is 11.8 Å². The van der Waals surface area contributed by atoms with Gasteiger partial charge in [-0.25, -0.2) is 4.98 Å². The minimum atomic E-state index is 0.436. The summed E-state index contributed by atoms with van der Waals surface area (Å²) in [5, 5.41) is 8.44. The third-order valence-corrected chi connectivity index (χ3v) is 7.29. The van der Waals surface area contributed by atoms with Crippen LogP contribution in [0, 0.1) is 5.92 Å². The second-order valence-electron chi connectivity index (χ2n) is 10.1. The number of aromatic nitrogens is 3. The molecule has 2 aliphatic rings. The summed E-state index contributed by atoms with van der Waals surface area (Å²) in [5.41, 5.74) is 4.94. The number of allylic oxidation sites excluding steroid dienone is 1. The molecule has 2 N–H and O–H groups in total. The van der Waals surface area contributed by atoms with E-state index in [1.165, 1.54) is 29.7 Å². The zero-order chi connectivity index (χ0) is 23.5. The maximum absolute atomic E-state index is 4.82. The maximum atomic E-state index is 4.82. The summed E-state index contributed by atoms with van der Waals surface area (Å²) in [4.78, 5) is 16.3. The highest BCUT2D eigenvalue weighted by atomic mass is 15.2. The first kappa shape index (κ1) is 22.8. The van der Waals surface area contributed by atoms with Crippen molar-refractivity contribution < 1.29 is 0 Å². The first-order valence-electron chi connectivity index (χ1n) is 12.6. The van der Waals surface area contributed by atoms with Crippen LogP contribution in [0.3, 0.4) is 0 Å². The molecule has 2 aromatic heterocycles. The van der Waals surface area contributed by atoms with Gasteiger partial charge >= 0.3 is 0 Å². The van der Waals surface area contributed by atoms with Crippen molar-refractivity contribution in [2.75, 3.05) is 30.9 Å². The van der Waals surface area contributed by atoms with Crippen LogP contribution in [0.2, 0.25) is 0 Å². The molecule has 0 saturated heterocycles. The Kier molecular flexibility index (Phi) is 6.77. The molecule has 2 aliphatic carbocycles. The van der Waals surface area contributed by atoms with Crippen LogP contribution < -0.4 is 15.5 Å². The Labute approximate surface area is 202 Å². The molecule has 1 fully saturated rings. The molecule has 5 rings (SSSR count).